The van der Waals surface area contributed by atoms with Gasteiger partial charge < -0.3 is 35.0 Å². The van der Waals surface area contributed by atoms with Crippen molar-refractivity contribution in [2.75, 3.05) is 13.7 Å². The van der Waals surface area contributed by atoms with E-state index in [-0.39, 0.29) is 46.3 Å². The molecule has 0 spiro atoms. The maximum Gasteiger partial charge on any atom is 0.202 e. The minimum atomic E-state index is -2.15. The molecule has 10 heteroatoms. The number of phenols is 2. The Labute approximate surface area is 224 Å². The summed E-state index contributed by atoms with van der Waals surface area (Å²) in [5.74, 6) is -3.64. The van der Waals surface area contributed by atoms with E-state index in [1.165, 1.54) is 25.3 Å². The molecule has 2 aromatic carbocycles. The topological polar surface area (TPSA) is 171 Å². The second-order valence-electron chi connectivity index (χ2n) is 11.0. The molecule has 10 nitrogen and oxygen atoms in total. The summed E-state index contributed by atoms with van der Waals surface area (Å²) in [7, 11) is 1.35. The molecule has 0 aromatic heterocycles. The van der Waals surface area contributed by atoms with Gasteiger partial charge in [-0.3, -0.25) is 14.4 Å². The van der Waals surface area contributed by atoms with Gasteiger partial charge in [-0.1, -0.05) is 26.0 Å². The summed E-state index contributed by atoms with van der Waals surface area (Å²) in [6.45, 7) is 2.79. The van der Waals surface area contributed by atoms with E-state index in [0.717, 1.165) is 0 Å². The Morgan fingerprint density at radius 2 is 1.67 bits per heavy atom. The molecule has 2 unspecified atom stereocenters. The first-order valence-electron chi connectivity index (χ1n) is 13.0. The van der Waals surface area contributed by atoms with Crippen LogP contribution in [0.2, 0.25) is 0 Å². The van der Waals surface area contributed by atoms with E-state index < -0.39 is 76.9 Å². The van der Waals surface area contributed by atoms with E-state index in [1.54, 1.807) is 0 Å². The maximum atomic E-state index is 13.7. The Hall–Kier alpha value is -3.31. The Balaban J connectivity index is 1.69. The number of Topliss-reactive ketones (excluding diaryl/α,β-unsaturated/α-hetero) is 1. The van der Waals surface area contributed by atoms with Crippen molar-refractivity contribution in [1.82, 2.24) is 0 Å². The predicted molar refractivity (Wildman–Crippen MR) is 136 cm³/mol. The van der Waals surface area contributed by atoms with Crippen molar-refractivity contribution in [2.24, 2.45) is 11.8 Å². The molecule has 5 rings (SSSR count). The molecule has 6 atom stereocenters. The van der Waals surface area contributed by atoms with E-state index in [9.17, 15) is 39.9 Å². The summed E-state index contributed by atoms with van der Waals surface area (Å²) < 4.78 is 11.6. The number of aliphatic hydroxyl groups is 3. The summed E-state index contributed by atoms with van der Waals surface area (Å²) >= 11 is 0. The third kappa shape index (κ3) is 4.13. The molecule has 208 valence electrons. The van der Waals surface area contributed by atoms with Crippen LogP contribution in [0.5, 0.6) is 17.2 Å². The lowest BCUT2D eigenvalue weighted by Crippen LogP contribution is -2.48. The van der Waals surface area contributed by atoms with Crippen LogP contribution in [-0.2, 0) is 16.0 Å². The van der Waals surface area contributed by atoms with E-state index >= 15 is 0 Å². The van der Waals surface area contributed by atoms with Gasteiger partial charge in [0.25, 0.3) is 0 Å². The SMILES string of the molecule is COc1cccc2c1C(=O)c1c(O)c3c(c(O)c1C2=O)C[C@](O)(C(=O)CO)C[C@H]3OC1C[C@@H](C)C(O)[C@@H](C)C1. The normalized spacial score (nSPS) is 29.8. The molecule has 0 saturated heterocycles. The van der Waals surface area contributed by atoms with Crippen LogP contribution in [-0.4, -0.2) is 74.4 Å². The van der Waals surface area contributed by atoms with Gasteiger partial charge in [-0.25, -0.2) is 0 Å². The van der Waals surface area contributed by atoms with Crippen molar-refractivity contribution in [3.63, 3.8) is 0 Å². The van der Waals surface area contributed by atoms with Crippen LogP contribution in [0, 0.1) is 11.8 Å². The van der Waals surface area contributed by atoms with Crippen molar-refractivity contribution < 1.29 is 49.4 Å². The zero-order valence-electron chi connectivity index (χ0n) is 21.9. The first-order valence-corrected chi connectivity index (χ1v) is 13.0. The highest BCUT2D eigenvalue weighted by Crippen LogP contribution is 2.52. The number of hydrogen-bond acceptors (Lipinski definition) is 10. The van der Waals surface area contributed by atoms with Crippen molar-refractivity contribution in [2.45, 2.75) is 63.4 Å². The molecule has 3 aliphatic carbocycles. The highest BCUT2D eigenvalue weighted by atomic mass is 16.5. The van der Waals surface area contributed by atoms with Crippen LogP contribution < -0.4 is 4.74 Å². The van der Waals surface area contributed by atoms with Gasteiger partial charge in [0.2, 0.25) is 5.78 Å². The number of ketones is 3. The zero-order valence-corrected chi connectivity index (χ0v) is 21.9. The second-order valence-corrected chi connectivity index (χ2v) is 11.0. The molecule has 5 N–H and O–H groups in total. The number of ether oxygens (including phenoxy) is 2. The van der Waals surface area contributed by atoms with Gasteiger partial charge in [0.05, 0.1) is 42.1 Å². The number of phenolic OH excluding ortho intramolecular Hbond substituents is 2. The molecule has 0 bridgehead atoms. The fraction of sp³-hybridized carbons (Fsp3) is 0.483. The van der Waals surface area contributed by atoms with Gasteiger partial charge in [-0.2, -0.15) is 0 Å². The molecular weight excluding hydrogens is 508 g/mol. The molecule has 1 saturated carbocycles. The van der Waals surface area contributed by atoms with Crippen LogP contribution in [0.3, 0.4) is 0 Å². The average Bonchev–Trinajstić information content (AvgIpc) is 2.90. The maximum absolute atomic E-state index is 13.7. The van der Waals surface area contributed by atoms with Crippen LogP contribution >= 0.6 is 0 Å². The minimum absolute atomic E-state index is 0.00703. The smallest absolute Gasteiger partial charge is 0.202 e. The van der Waals surface area contributed by atoms with Crippen LogP contribution in [0.15, 0.2) is 18.2 Å². The molecule has 39 heavy (non-hydrogen) atoms. The summed E-state index contributed by atoms with van der Waals surface area (Å²) in [6, 6.07) is 4.44. The van der Waals surface area contributed by atoms with Gasteiger partial charge in [-0.05, 0) is 30.7 Å². The molecule has 2 aromatic rings. The monoisotopic (exact) mass is 540 g/mol. The molecule has 3 aliphatic rings. The fourth-order valence-electron chi connectivity index (χ4n) is 6.50. The van der Waals surface area contributed by atoms with Crippen LogP contribution in [0.25, 0.3) is 0 Å². The Bertz CT molecular complexity index is 1370. The Morgan fingerprint density at radius 1 is 1.03 bits per heavy atom. The summed E-state index contributed by atoms with van der Waals surface area (Å²) in [5.41, 5.74) is -3.14. The van der Waals surface area contributed by atoms with Crippen LogP contribution in [0.1, 0.15) is 82.2 Å². The lowest BCUT2D eigenvalue weighted by molar-refractivity contribution is -0.152. The molecule has 0 radical (unpaired) electrons. The van der Waals surface area contributed by atoms with Gasteiger partial charge in [-0.15, -0.1) is 0 Å². The first kappa shape index (κ1) is 27.3. The molecule has 0 aliphatic heterocycles. The fourth-order valence-corrected chi connectivity index (χ4v) is 6.50. The second kappa shape index (κ2) is 9.71. The highest BCUT2D eigenvalue weighted by Gasteiger charge is 2.50. The lowest BCUT2D eigenvalue weighted by Gasteiger charge is -2.42. The Kier molecular flexibility index (Phi) is 6.79. The van der Waals surface area contributed by atoms with E-state index in [4.69, 9.17) is 9.47 Å². The number of hydrogen-bond donors (Lipinski definition) is 5. The molecule has 0 heterocycles. The van der Waals surface area contributed by atoms with E-state index in [0.29, 0.717) is 12.8 Å². The summed E-state index contributed by atoms with van der Waals surface area (Å²) in [6.07, 6.45) is -2.05. The number of aliphatic hydroxyl groups excluding tert-OH is 2. The number of fused-ring (bicyclic) bond motifs is 3. The third-order valence-electron chi connectivity index (χ3n) is 8.53. The third-order valence-corrected chi connectivity index (χ3v) is 8.53. The van der Waals surface area contributed by atoms with Crippen molar-refractivity contribution in [3.8, 4) is 17.2 Å². The summed E-state index contributed by atoms with van der Waals surface area (Å²) in [5, 5.41) is 54.2. The van der Waals surface area contributed by atoms with E-state index in [1.807, 2.05) is 13.8 Å². The summed E-state index contributed by atoms with van der Waals surface area (Å²) in [4.78, 5) is 39.9. The van der Waals surface area contributed by atoms with Gasteiger partial charge >= 0.3 is 0 Å². The van der Waals surface area contributed by atoms with Crippen molar-refractivity contribution in [3.05, 3.63) is 51.6 Å². The largest absolute Gasteiger partial charge is 0.507 e. The number of carbonyl (C=O) groups is 3. The average molecular weight is 541 g/mol. The first-order chi connectivity index (χ1) is 18.4. The zero-order chi connectivity index (χ0) is 28.4. The molecule has 1 fully saturated rings. The predicted octanol–water partition coefficient (Wildman–Crippen LogP) is 1.97. The van der Waals surface area contributed by atoms with Gasteiger partial charge in [0, 0.05) is 29.5 Å². The van der Waals surface area contributed by atoms with Gasteiger partial charge in [0.15, 0.2) is 11.6 Å². The van der Waals surface area contributed by atoms with Crippen molar-refractivity contribution >= 4 is 17.3 Å². The number of methoxy groups -OCH3 is 1. The number of aromatic hydroxyl groups is 2. The number of rotatable bonds is 5. The standard InChI is InChI=1S/C29H32O10/c1-12-7-14(8-13(2)24(12)32)39-18-10-29(37,19(31)11-30)9-16-21(18)28(36)23-22(26(16)34)25(33)15-5-4-6-17(38-3)20(15)27(23)35/h4-6,12-14,18,24,30,32,34,36-37H,7-11H2,1-3H3/t12-,13+,14?,18-,24?,29-/m1/s1. The lowest BCUT2D eigenvalue weighted by atomic mass is 9.71. The highest BCUT2D eigenvalue weighted by molar-refractivity contribution is 6.31. The number of benzene rings is 2. The quantitative estimate of drug-likeness (QED) is 0.301. The van der Waals surface area contributed by atoms with Crippen LogP contribution in [0.4, 0.5) is 0 Å². The minimum Gasteiger partial charge on any atom is -0.507 e. The Morgan fingerprint density at radius 3 is 2.28 bits per heavy atom. The molecule has 0 amide bonds. The van der Waals surface area contributed by atoms with E-state index in [2.05, 4.69) is 0 Å². The number of carbonyl (C=O) groups excluding carboxylic acids is 3. The van der Waals surface area contributed by atoms with Gasteiger partial charge in [0.1, 0.15) is 29.5 Å². The van der Waals surface area contributed by atoms with Crippen molar-refractivity contribution in [1.29, 1.82) is 0 Å². The molecular formula is C29H32O10.